The molecule has 2 atom stereocenters. The Labute approximate surface area is 98.5 Å². The molecule has 2 aliphatic heterocycles. The predicted molar refractivity (Wildman–Crippen MR) is 66.3 cm³/mol. The van der Waals surface area contributed by atoms with Crippen molar-refractivity contribution in [1.82, 2.24) is 5.32 Å². The number of nitrogens with one attached hydrogen (secondary N) is 1. The predicted octanol–water partition coefficient (Wildman–Crippen LogP) is 2.83. The van der Waals surface area contributed by atoms with Crippen LogP contribution in [0.15, 0.2) is 12.7 Å². The van der Waals surface area contributed by atoms with Gasteiger partial charge in [-0.15, -0.1) is 6.58 Å². The molecule has 2 heterocycles. The number of hydrogen-bond acceptors (Lipinski definition) is 2. The van der Waals surface area contributed by atoms with Crippen molar-refractivity contribution in [2.24, 2.45) is 5.92 Å². The Morgan fingerprint density at radius 3 is 2.62 bits per heavy atom. The number of hydrogen-bond donors (Lipinski definition) is 1. The number of fused-ring (bicyclic) bond motifs is 2. The van der Waals surface area contributed by atoms with E-state index in [9.17, 15) is 4.79 Å². The number of allylic oxidation sites excluding steroid dienone is 1. The van der Waals surface area contributed by atoms with Gasteiger partial charge in [-0.2, -0.15) is 0 Å². The summed E-state index contributed by atoms with van der Waals surface area (Å²) in [5.41, 5.74) is 0. The minimum absolute atomic E-state index is 0.466. The first kappa shape index (κ1) is 11.8. The molecule has 16 heavy (non-hydrogen) atoms. The zero-order valence-corrected chi connectivity index (χ0v) is 10.1. The number of rotatable bonds is 6. The van der Waals surface area contributed by atoms with Crippen LogP contribution in [-0.2, 0) is 4.79 Å². The van der Waals surface area contributed by atoms with Crippen LogP contribution in [0.5, 0.6) is 0 Å². The molecular formula is C14H23NO. The van der Waals surface area contributed by atoms with Crippen LogP contribution in [0.4, 0.5) is 0 Å². The van der Waals surface area contributed by atoms with Gasteiger partial charge in [0.05, 0.1) is 0 Å². The van der Waals surface area contributed by atoms with Crippen LogP contribution in [0, 0.1) is 5.92 Å². The van der Waals surface area contributed by atoms with Gasteiger partial charge in [0.15, 0.2) is 0 Å². The number of Topliss-reactive ketones (excluding diaryl/α,β-unsaturated/α-hetero) is 1. The second-order valence-electron chi connectivity index (χ2n) is 5.40. The number of ketones is 1. The van der Waals surface area contributed by atoms with E-state index in [4.69, 9.17) is 0 Å². The molecule has 0 aromatic heterocycles. The van der Waals surface area contributed by atoms with E-state index in [1.54, 1.807) is 0 Å². The van der Waals surface area contributed by atoms with Crippen LogP contribution < -0.4 is 5.32 Å². The molecule has 2 bridgehead atoms. The second kappa shape index (κ2) is 5.62. The van der Waals surface area contributed by atoms with Crippen LogP contribution in [0.3, 0.4) is 0 Å². The van der Waals surface area contributed by atoms with E-state index >= 15 is 0 Å². The van der Waals surface area contributed by atoms with Crippen molar-refractivity contribution < 1.29 is 4.79 Å². The molecule has 0 aromatic rings. The molecule has 1 N–H and O–H groups in total. The maximum Gasteiger partial charge on any atom is 0.133 e. The third-order valence-corrected chi connectivity index (χ3v) is 3.95. The summed E-state index contributed by atoms with van der Waals surface area (Å²) >= 11 is 0. The van der Waals surface area contributed by atoms with Gasteiger partial charge in [0.2, 0.25) is 0 Å². The Bertz CT molecular complexity index is 249. The van der Waals surface area contributed by atoms with Gasteiger partial charge in [-0.1, -0.05) is 6.08 Å². The lowest BCUT2D eigenvalue weighted by molar-refractivity contribution is -0.120. The number of piperidine rings is 1. The third-order valence-electron chi connectivity index (χ3n) is 3.95. The molecule has 0 amide bonds. The van der Waals surface area contributed by atoms with Crippen molar-refractivity contribution in [3.63, 3.8) is 0 Å². The molecule has 0 spiro atoms. The van der Waals surface area contributed by atoms with Crippen molar-refractivity contribution in [3.8, 4) is 0 Å². The standard InChI is InChI=1S/C14H23NO/c1-2-3-4-5-14(16)10-11-8-12-6-7-13(9-11)15-12/h2,11-13,15H,1,3-10H2. The van der Waals surface area contributed by atoms with Crippen LogP contribution in [-0.4, -0.2) is 17.9 Å². The highest BCUT2D eigenvalue weighted by atomic mass is 16.1. The van der Waals surface area contributed by atoms with Crippen molar-refractivity contribution in [2.75, 3.05) is 0 Å². The molecule has 0 saturated carbocycles. The normalized spacial score (nSPS) is 32.6. The van der Waals surface area contributed by atoms with Crippen molar-refractivity contribution >= 4 is 5.78 Å². The lowest BCUT2D eigenvalue weighted by atomic mass is 9.87. The van der Waals surface area contributed by atoms with E-state index in [1.807, 2.05) is 6.08 Å². The number of carbonyl (C=O) groups excluding carboxylic acids is 1. The highest BCUT2D eigenvalue weighted by Crippen LogP contribution is 2.32. The first-order chi connectivity index (χ1) is 7.78. The summed E-state index contributed by atoms with van der Waals surface area (Å²) in [6.45, 7) is 3.68. The monoisotopic (exact) mass is 221 g/mol. The van der Waals surface area contributed by atoms with Gasteiger partial charge in [0.25, 0.3) is 0 Å². The smallest absolute Gasteiger partial charge is 0.133 e. The summed E-state index contributed by atoms with van der Waals surface area (Å²) in [7, 11) is 0. The largest absolute Gasteiger partial charge is 0.311 e. The minimum atomic E-state index is 0.466. The Balaban J connectivity index is 1.69. The van der Waals surface area contributed by atoms with E-state index in [0.29, 0.717) is 23.8 Å². The average molecular weight is 221 g/mol. The fraction of sp³-hybridized carbons (Fsp3) is 0.786. The lowest BCUT2D eigenvalue weighted by Crippen LogP contribution is -2.38. The molecular weight excluding hydrogens is 198 g/mol. The fourth-order valence-corrected chi connectivity index (χ4v) is 3.21. The van der Waals surface area contributed by atoms with Gasteiger partial charge >= 0.3 is 0 Å². The quantitative estimate of drug-likeness (QED) is 0.552. The van der Waals surface area contributed by atoms with Gasteiger partial charge in [-0.05, 0) is 44.4 Å². The summed E-state index contributed by atoms with van der Waals surface area (Å²) in [5, 5.41) is 3.62. The fourth-order valence-electron chi connectivity index (χ4n) is 3.21. The zero-order valence-electron chi connectivity index (χ0n) is 10.1. The van der Waals surface area contributed by atoms with Gasteiger partial charge in [0.1, 0.15) is 5.78 Å². The molecule has 2 nitrogen and oxygen atoms in total. The number of unbranched alkanes of at least 4 members (excludes halogenated alkanes) is 1. The van der Waals surface area contributed by atoms with Crippen molar-refractivity contribution in [2.45, 2.75) is 63.5 Å². The Hall–Kier alpha value is -0.630. The second-order valence-corrected chi connectivity index (χ2v) is 5.40. The highest BCUT2D eigenvalue weighted by molar-refractivity contribution is 5.78. The molecule has 2 heteroatoms. The molecule has 0 aliphatic carbocycles. The molecule has 2 rings (SSSR count). The highest BCUT2D eigenvalue weighted by Gasteiger charge is 2.33. The van der Waals surface area contributed by atoms with Crippen LogP contribution in [0.2, 0.25) is 0 Å². The minimum Gasteiger partial charge on any atom is -0.311 e. The maximum absolute atomic E-state index is 11.8. The van der Waals surface area contributed by atoms with E-state index in [-0.39, 0.29) is 0 Å². The molecule has 0 radical (unpaired) electrons. The summed E-state index contributed by atoms with van der Waals surface area (Å²) in [5.74, 6) is 1.13. The first-order valence-electron chi connectivity index (χ1n) is 6.66. The Morgan fingerprint density at radius 2 is 2.00 bits per heavy atom. The summed E-state index contributed by atoms with van der Waals surface area (Å²) < 4.78 is 0. The van der Waals surface area contributed by atoms with Crippen LogP contribution in [0.25, 0.3) is 0 Å². The van der Waals surface area contributed by atoms with Crippen LogP contribution >= 0.6 is 0 Å². The van der Waals surface area contributed by atoms with Gasteiger partial charge in [0, 0.05) is 24.9 Å². The van der Waals surface area contributed by atoms with E-state index in [2.05, 4.69) is 11.9 Å². The molecule has 2 fully saturated rings. The summed E-state index contributed by atoms with van der Waals surface area (Å²) in [4.78, 5) is 11.8. The Kier molecular flexibility index (Phi) is 4.16. The van der Waals surface area contributed by atoms with Crippen molar-refractivity contribution in [3.05, 3.63) is 12.7 Å². The van der Waals surface area contributed by atoms with Crippen LogP contribution in [0.1, 0.15) is 51.4 Å². The molecule has 2 saturated heterocycles. The van der Waals surface area contributed by atoms with E-state index < -0.39 is 0 Å². The summed E-state index contributed by atoms with van der Waals surface area (Å²) in [6.07, 6.45) is 10.5. The topological polar surface area (TPSA) is 29.1 Å². The first-order valence-corrected chi connectivity index (χ1v) is 6.66. The third kappa shape index (κ3) is 3.18. The number of carbonyl (C=O) groups is 1. The SMILES string of the molecule is C=CCCCC(=O)CC1CC2CCC(C1)N2. The maximum atomic E-state index is 11.8. The van der Waals surface area contributed by atoms with E-state index in [0.717, 1.165) is 25.7 Å². The van der Waals surface area contributed by atoms with Crippen molar-refractivity contribution in [1.29, 1.82) is 0 Å². The summed E-state index contributed by atoms with van der Waals surface area (Å²) in [6, 6.07) is 1.43. The molecule has 2 unspecified atom stereocenters. The molecule has 2 aliphatic rings. The molecule has 90 valence electrons. The van der Waals surface area contributed by atoms with Gasteiger partial charge in [-0.25, -0.2) is 0 Å². The zero-order chi connectivity index (χ0) is 11.4. The van der Waals surface area contributed by atoms with Gasteiger partial charge in [-0.3, -0.25) is 4.79 Å². The van der Waals surface area contributed by atoms with Gasteiger partial charge < -0.3 is 5.32 Å². The average Bonchev–Trinajstić information content (AvgIpc) is 2.58. The lowest BCUT2D eigenvalue weighted by Gasteiger charge is -2.28. The van der Waals surface area contributed by atoms with E-state index in [1.165, 1.54) is 25.7 Å². The molecule has 0 aromatic carbocycles. The Morgan fingerprint density at radius 1 is 1.31 bits per heavy atom.